The van der Waals surface area contributed by atoms with Gasteiger partial charge in [0.05, 0.1) is 17.9 Å². The van der Waals surface area contributed by atoms with E-state index in [1.807, 2.05) is 42.5 Å². The molecule has 1 unspecified atom stereocenters. The number of rotatable bonds is 2. The highest BCUT2D eigenvalue weighted by Gasteiger charge is 2.32. The Hall–Kier alpha value is -2.49. The van der Waals surface area contributed by atoms with Crippen LogP contribution in [0.4, 0.5) is 11.4 Å². The average molecular weight is 268 g/mol. The third-order valence-corrected chi connectivity index (χ3v) is 3.41. The van der Waals surface area contributed by atoms with Crippen molar-refractivity contribution < 1.29 is 9.53 Å². The first kappa shape index (κ1) is 12.5. The predicted molar refractivity (Wildman–Crippen MR) is 78.6 cm³/mol. The molecule has 2 aromatic rings. The average Bonchev–Trinajstić information content (AvgIpc) is 2.46. The van der Waals surface area contributed by atoms with Crippen molar-refractivity contribution in [1.82, 2.24) is 0 Å². The number of carbonyl (C=O) groups excluding carboxylic acids is 1. The maximum absolute atomic E-state index is 12.4. The van der Waals surface area contributed by atoms with Gasteiger partial charge in [0.1, 0.15) is 0 Å². The standard InChI is InChI=1S/C16H16N2O2/c1-11-16(19)18(10-12-6-3-2-4-7-12)14-9-5-8-13(17)15(14)20-11/h2-9,11H,10,17H2,1H3. The van der Waals surface area contributed by atoms with Gasteiger partial charge in [-0.3, -0.25) is 4.79 Å². The van der Waals surface area contributed by atoms with Gasteiger partial charge in [-0.1, -0.05) is 36.4 Å². The number of anilines is 2. The summed E-state index contributed by atoms with van der Waals surface area (Å²) >= 11 is 0. The van der Waals surface area contributed by atoms with E-state index in [1.165, 1.54) is 0 Å². The van der Waals surface area contributed by atoms with E-state index < -0.39 is 6.10 Å². The highest BCUT2D eigenvalue weighted by Crippen LogP contribution is 2.39. The van der Waals surface area contributed by atoms with Crippen molar-refractivity contribution in [3.8, 4) is 5.75 Å². The minimum Gasteiger partial charge on any atom is -0.477 e. The topological polar surface area (TPSA) is 55.6 Å². The largest absolute Gasteiger partial charge is 0.477 e. The van der Waals surface area contributed by atoms with Crippen LogP contribution in [0.2, 0.25) is 0 Å². The first-order valence-corrected chi connectivity index (χ1v) is 6.57. The lowest BCUT2D eigenvalue weighted by Crippen LogP contribution is -2.44. The minimum absolute atomic E-state index is 0.0491. The number of hydrogen-bond donors (Lipinski definition) is 1. The van der Waals surface area contributed by atoms with Crippen LogP contribution in [-0.4, -0.2) is 12.0 Å². The molecule has 0 spiro atoms. The van der Waals surface area contributed by atoms with E-state index in [0.29, 0.717) is 18.0 Å². The lowest BCUT2D eigenvalue weighted by atomic mass is 10.1. The fraction of sp³-hybridized carbons (Fsp3) is 0.188. The van der Waals surface area contributed by atoms with E-state index in [-0.39, 0.29) is 5.91 Å². The highest BCUT2D eigenvalue weighted by molar-refractivity contribution is 6.00. The number of carbonyl (C=O) groups is 1. The fourth-order valence-corrected chi connectivity index (χ4v) is 2.38. The second-order valence-electron chi connectivity index (χ2n) is 4.87. The van der Waals surface area contributed by atoms with E-state index in [1.54, 1.807) is 17.9 Å². The van der Waals surface area contributed by atoms with Gasteiger partial charge in [0.2, 0.25) is 0 Å². The monoisotopic (exact) mass is 268 g/mol. The van der Waals surface area contributed by atoms with Crippen molar-refractivity contribution in [2.24, 2.45) is 0 Å². The van der Waals surface area contributed by atoms with Gasteiger partial charge in [0.25, 0.3) is 5.91 Å². The summed E-state index contributed by atoms with van der Waals surface area (Å²) in [4.78, 5) is 14.1. The summed E-state index contributed by atoms with van der Waals surface area (Å²) in [6, 6.07) is 15.4. The Morgan fingerprint density at radius 3 is 2.65 bits per heavy atom. The molecular formula is C16H16N2O2. The van der Waals surface area contributed by atoms with Gasteiger partial charge in [-0.25, -0.2) is 0 Å². The zero-order valence-corrected chi connectivity index (χ0v) is 11.2. The molecule has 1 amide bonds. The molecule has 0 radical (unpaired) electrons. The second-order valence-corrected chi connectivity index (χ2v) is 4.87. The third-order valence-electron chi connectivity index (χ3n) is 3.41. The molecule has 1 aliphatic heterocycles. The molecule has 3 rings (SSSR count). The molecule has 0 aliphatic carbocycles. The van der Waals surface area contributed by atoms with Gasteiger partial charge < -0.3 is 15.4 Å². The van der Waals surface area contributed by atoms with Gasteiger partial charge in [-0.15, -0.1) is 0 Å². The fourth-order valence-electron chi connectivity index (χ4n) is 2.38. The molecule has 2 N–H and O–H groups in total. The van der Waals surface area contributed by atoms with E-state index in [2.05, 4.69) is 0 Å². The molecule has 1 aliphatic rings. The van der Waals surface area contributed by atoms with Crippen LogP contribution in [-0.2, 0) is 11.3 Å². The van der Waals surface area contributed by atoms with E-state index >= 15 is 0 Å². The summed E-state index contributed by atoms with van der Waals surface area (Å²) in [7, 11) is 0. The third kappa shape index (κ3) is 2.09. The smallest absolute Gasteiger partial charge is 0.268 e. The molecule has 0 fully saturated rings. The molecule has 0 saturated carbocycles. The number of para-hydroxylation sites is 1. The molecule has 20 heavy (non-hydrogen) atoms. The van der Waals surface area contributed by atoms with Gasteiger partial charge in [0, 0.05) is 0 Å². The Labute approximate surface area is 117 Å². The van der Waals surface area contributed by atoms with Crippen LogP contribution < -0.4 is 15.4 Å². The summed E-state index contributed by atoms with van der Waals surface area (Å²) < 4.78 is 5.63. The Kier molecular flexibility index (Phi) is 3.06. The van der Waals surface area contributed by atoms with Gasteiger partial charge in [-0.05, 0) is 24.6 Å². The Balaban J connectivity index is 2.01. The van der Waals surface area contributed by atoms with Crippen LogP contribution in [0.25, 0.3) is 0 Å². The quantitative estimate of drug-likeness (QED) is 0.852. The second kappa shape index (κ2) is 4.89. The predicted octanol–water partition coefficient (Wildman–Crippen LogP) is 2.58. The maximum Gasteiger partial charge on any atom is 0.268 e. The molecule has 102 valence electrons. The zero-order chi connectivity index (χ0) is 14.1. The minimum atomic E-state index is -0.518. The van der Waals surface area contributed by atoms with Crippen LogP contribution in [0, 0.1) is 0 Å². The highest BCUT2D eigenvalue weighted by atomic mass is 16.5. The van der Waals surface area contributed by atoms with Crippen molar-refractivity contribution in [1.29, 1.82) is 0 Å². The number of hydrogen-bond acceptors (Lipinski definition) is 3. The lowest BCUT2D eigenvalue weighted by molar-refractivity contribution is -0.125. The Morgan fingerprint density at radius 2 is 1.90 bits per heavy atom. The Bertz CT molecular complexity index is 640. The summed E-state index contributed by atoms with van der Waals surface area (Å²) in [5.41, 5.74) is 8.30. The normalized spacial score (nSPS) is 17.6. The van der Waals surface area contributed by atoms with Gasteiger partial charge in [-0.2, -0.15) is 0 Å². The van der Waals surface area contributed by atoms with E-state index in [0.717, 1.165) is 11.3 Å². The molecule has 0 saturated heterocycles. The number of amides is 1. The van der Waals surface area contributed by atoms with Crippen LogP contribution in [0.3, 0.4) is 0 Å². The maximum atomic E-state index is 12.4. The van der Waals surface area contributed by atoms with Crippen LogP contribution >= 0.6 is 0 Å². The molecule has 2 aromatic carbocycles. The van der Waals surface area contributed by atoms with Crippen LogP contribution in [0.15, 0.2) is 48.5 Å². The van der Waals surface area contributed by atoms with E-state index in [4.69, 9.17) is 10.5 Å². The molecule has 0 bridgehead atoms. The van der Waals surface area contributed by atoms with Crippen molar-refractivity contribution in [2.45, 2.75) is 19.6 Å². The first-order valence-electron chi connectivity index (χ1n) is 6.57. The summed E-state index contributed by atoms with van der Waals surface area (Å²) in [5.74, 6) is 0.544. The number of ether oxygens (including phenoxy) is 1. The van der Waals surface area contributed by atoms with E-state index in [9.17, 15) is 4.79 Å². The summed E-state index contributed by atoms with van der Waals surface area (Å²) in [5, 5.41) is 0. The number of nitrogen functional groups attached to an aromatic ring is 1. The molecule has 0 aromatic heterocycles. The number of fused-ring (bicyclic) bond motifs is 1. The number of nitrogens with two attached hydrogens (primary N) is 1. The van der Waals surface area contributed by atoms with Crippen molar-refractivity contribution in [2.75, 3.05) is 10.6 Å². The molecule has 1 atom stereocenters. The van der Waals surface area contributed by atoms with Crippen LogP contribution in [0.1, 0.15) is 12.5 Å². The molecule has 4 heteroatoms. The molecule has 4 nitrogen and oxygen atoms in total. The zero-order valence-electron chi connectivity index (χ0n) is 11.2. The van der Waals surface area contributed by atoms with Crippen molar-refractivity contribution >= 4 is 17.3 Å². The summed E-state index contributed by atoms with van der Waals surface area (Å²) in [6.07, 6.45) is -0.518. The summed E-state index contributed by atoms with van der Waals surface area (Å²) in [6.45, 7) is 2.26. The molecular weight excluding hydrogens is 252 g/mol. The van der Waals surface area contributed by atoms with Gasteiger partial charge in [0.15, 0.2) is 11.9 Å². The Morgan fingerprint density at radius 1 is 1.15 bits per heavy atom. The molecule has 1 heterocycles. The van der Waals surface area contributed by atoms with Gasteiger partial charge >= 0.3 is 0 Å². The number of nitrogens with zero attached hydrogens (tertiary/aromatic N) is 1. The van der Waals surface area contributed by atoms with Crippen LogP contribution in [0.5, 0.6) is 5.75 Å². The number of benzene rings is 2. The first-order chi connectivity index (χ1) is 9.66. The van der Waals surface area contributed by atoms with Crippen molar-refractivity contribution in [3.63, 3.8) is 0 Å². The lowest BCUT2D eigenvalue weighted by Gasteiger charge is -2.33. The SMILES string of the molecule is CC1Oc2c(N)cccc2N(Cc2ccccc2)C1=O. The van der Waals surface area contributed by atoms with Crippen molar-refractivity contribution in [3.05, 3.63) is 54.1 Å².